The first-order valence-corrected chi connectivity index (χ1v) is 12.8. The van der Waals surface area contributed by atoms with Crippen molar-refractivity contribution in [1.29, 1.82) is 0 Å². The molecule has 0 aromatic heterocycles. The smallest absolute Gasteiger partial charge is 0.319 e. The molecule has 2 N–H and O–H groups in total. The molecule has 32 heavy (non-hydrogen) atoms. The fourth-order valence-electron chi connectivity index (χ4n) is 5.36. The van der Waals surface area contributed by atoms with Crippen LogP contribution in [0.2, 0.25) is 0 Å². The third kappa shape index (κ3) is 5.35. The lowest BCUT2D eigenvalue weighted by Gasteiger charge is -2.44. The van der Waals surface area contributed by atoms with Crippen molar-refractivity contribution in [3.8, 4) is 0 Å². The highest BCUT2D eigenvalue weighted by Gasteiger charge is 2.38. The number of amides is 2. The van der Waals surface area contributed by atoms with Gasteiger partial charge >= 0.3 is 6.03 Å². The van der Waals surface area contributed by atoms with E-state index < -0.39 is 0 Å². The molecule has 2 aliphatic carbocycles. The van der Waals surface area contributed by atoms with Gasteiger partial charge in [-0.05, 0) is 63.4 Å². The Morgan fingerprint density at radius 1 is 1.16 bits per heavy atom. The molecular formula is C26H35Cl2N3O. The van der Waals surface area contributed by atoms with Gasteiger partial charge in [0.2, 0.25) is 0 Å². The third-order valence-electron chi connectivity index (χ3n) is 7.65. The lowest BCUT2D eigenvalue weighted by Crippen LogP contribution is -2.52. The number of benzene rings is 1. The number of allylic oxidation sites excluding steroid dienone is 3. The van der Waals surface area contributed by atoms with Gasteiger partial charge in [-0.15, -0.1) is 11.6 Å². The van der Waals surface area contributed by atoms with Crippen molar-refractivity contribution in [3.05, 3.63) is 58.3 Å². The summed E-state index contributed by atoms with van der Waals surface area (Å²) in [5.74, 6) is 0.0572. The lowest BCUT2D eigenvalue weighted by molar-refractivity contribution is 0.115. The van der Waals surface area contributed by atoms with Gasteiger partial charge in [-0.2, -0.15) is 0 Å². The summed E-state index contributed by atoms with van der Waals surface area (Å²) in [5.41, 5.74) is 3.20. The highest BCUT2D eigenvalue weighted by molar-refractivity contribution is 6.31. The Kier molecular flexibility index (Phi) is 7.54. The van der Waals surface area contributed by atoms with E-state index in [1.807, 2.05) is 13.0 Å². The molecule has 0 spiro atoms. The molecule has 4 nitrogen and oxygen atoms in total. The summed E-state index contributed by atoms with van der Waals surface area (Å²) in [6.07, 6.45) is 11.2. The van der Waals surface area contributed by atoms with Crippen LogP contribution < -0.4 is 10.6 Å². The number of aryl methyl sites for hydroxylation is 1. The van der Waals surface area contributed by atoms with E-state index in [0.29, 0.717) is 17.3 Å². The highest BCUT2D eigenvalue weighted by Crippen LogP contribution is 2.38. The Bertz CT molecular complexity index is 866. The van der Waals surface area contributed by atoms with E-state index in [-0.39, 0.29) is 22.7 Å². The van der Waals surface area contributed by atoms with Crippen molar-refractivity contribution in [2.45, 2.75) is 69.2 Å². The summed E-state index contributed by atoms with van der Waals surface area (Å²) in [6.45, 7) is 6.90. The largest absolute Gasteiger partial charge is 0.337 e. The number of likely N-dealkylation sites (tertiary alicyclic amines) is 1. The molecule has 3 aliphatic rings. The van der Waals surface area contributed by atoms with Crippen molar-refractivity contribution < 1.29 is 4.79 Å². The number of carbonyl (C=O) groups is 1. The maximum absolute atomic E-state index is 12.8. The maximum atomic E-state index is 12.8. The Morgan fingerprint density at radius 3 is 2.44 bits per heavy atom. The summed E-state index contributed by atoms with van der Waals surface area (Å²) in [7, 11) is 0. The second-order valence-electron chi connectivity index (χ2n) is 9.81. The number of hydrogen-bond acceptors (Lipinski definition) is 2. The average molecular weight is 476 g/mol. The van der Waals surface area contributed by atoms with Gasteiger partial charge in [0, 0.05) is 34.6 Å². The van der Waals surface area contributed by atoms with Gasteiger partial charge in [0.05, 0.1) is 5.38 Å². The Balaban J connectivity index is 1.42. The van der Waals surface area contributed by atoms with Crippen LogP contribution in [0.5, 0.6) is 0 Å². The van der Waals surface area contributed by atoms with Crippen LogP contribution in [-0.2, 0) is 5.41 Å². The van der Waals surface area contributed by atoms with Crippen LogP contribution >= 0.6 is 23.2 Å². The van der Waals surface area contributed by atoms with Crippen molar-refractivity contribution in [3.63, 3.8) is 0 Å². The number of hydrogen-bond donors (Lipinski definition) is 2. The molecule has 1 aromatic rings. The highest BCUT2D eigenvalue weighted by atomic mass is 35.5. The number of nitrogens with one attached hydrogen (secondary N) is 2. The van der Waals surface area contributed by atoms with Gasteiger partial charge in [-0.1, -0.05) is 61.2 Å². The molecule has 0 radical (unpaired) electrons. The molecular weight excluding hydrogens is 441 g/mol. The van der Waals surface area contributed by atoms with Gasteiger partial charge in [0.1, 0.15) is 0 Å². The molecule has 1 saturated carbocycles. The van der Waals surface area contributed by atoms with E-state index in [4.69, 9.17) is 23.2 Å². The molecule has 1 aliphatic heterocycles. The minimum atomic E-state index is -0.221. The number of piperidine rings is 1. The van der Waals surface area contributed by atoms with Gasteiger partial charge in [-0.25, -0.2) is 4.79 Å². The first kappa shape index (κ1) is 23.7. The van der Waals surface area contributed by atoms with Crippen molar-refractivity contribution >= 4 is 29.2 Å². The van der Waals surface area contributed by atoms with E-state index in [0.717, 1.165) is 32.0 Å². The predicted octanol–water partition coefficient (Wildman–Crippen LogP) is 5.83. The van der Waals surface area contributed by atoms with Crippen molar-refractivity contribution in [2.75, 3.05) is 19.6 Å². The van der Waals surface area contributed by atoms with Crippen LogP contribution in [0.3, 0.4) is 0 Å². The molecule has 1 aromatic carbocycles. The SMILES string of the molecule is Cc1ccc(C2(CNC(=O)NC3=CC(Cl)C(C)C(Cl)=C3)CCN(C3CCCC3)CC2)cc1. The second-order valence-corrected chi connectivity index (χ2v) is 10.8. The average Bonchev–Trinajstić information content (AvgIpc) is 3.32. The zero-order valence-corrected chi connectivity index (χ0v) is 20.7. The summed E-state index contributed by atoms with van der Waals surface area (Å²) < 4.78 is 0. The number of carbonyl (C=O) groups excluding carboxylic acids is 1. The summed E-state index contributed by atoms with van der Waals surface area (Å²) in [6, 6.07) is 9.39. The Labute approximate surface area is 202 Å². The van der Waals surface area contributed by atoms with E-state index in [9.17, 15) is 4.79 Å². The van der Waals surface area contributed by atoms with E-state index in [1.165, 1.54) is 36.8 Å². The molecule has 1 heterocycles. The molecule has 1 saturated heterocycles. The lowest BCUT2D eigenvalue weighted by atomic mass is 9.72. The zero-order valence-electron chi connectivity index (χ0n) is 19.2. The topological polar surface area (TPSA) is 44.4 Å². The zero-order chi connectivity index (χ0) is 22.7. The minimum absolute atomic E-state index is 0.0435. The number of alkyl halides is 1. The van der Waals surface area contributed by atoms with Crippen LogP contribution in [0.15, 0.2) is 47.1 Å². The number of halogens is 2. The Hall–Kier alpha value is -1.49. The quantitative estimate of drug-likeness (QED) is 0.525. The fourth-order valence-corrected chi connectivity index (χ4v) is 5.95. The van der Waals surface area contributed by atoms with Gasteiger partial charge < -0.3 is 15.5 Å². The standard InChI is InChI=1S/C26H35Cl2N3O/c1-18-7-9-20(10-8-18)26(11-13-31(14-12-26)22-5-3-4-6-22)17-29-25(32)30-21-15-23(27)19(2)24(28)16-21/h7-10,15-16,19,22-23H,3-6,11-14,17H2,1-2H3,(H2,29,30,32). The normalized spacial score (nSPS) is 26.4. The summed E-state index contributed by atoms with van der Waals surface area (Å²) >= 11 is 12.6. The fraction of sp³-hybridized carbons (Fsp3) is 0.577. The van der Waals surface area contributed by atoms with Crippen LogP contribution in [0.1, 0.15) is 56.6 Å². The van der Waals surface area contributed by atoms with E-state index >= 15 is 0 Å². The van der Waals surface area contributed by atoms with Gasteiger partial charge in [-0.3, -0.25) is 0 Å². The molecule has 2 unspecified atom stereocenters. The van der Waals surface area contributed by atoms with Crippen LogP contribution in [0.4, 0.5) is 4.79 Å². The van der Waals surface area contributed by atoms with Crippen molar-refractivity contribution in [1.82, 2.24) is 15.5 Å². The summed E-state index contributed by atoms with van der Waals surface area (Å²) in [5, 5.41) is 6.52. The molecule has 2 amide bonds. The van der Waals surface area contributed by atoms with E-state index in [2.05, 4.69) is 46.7 Å². The first-order valence-electron chi connectivity index (χ1n) is 12.0. The summed E-state index contributed by atoms with van der Waals surface area (Å²) in [4.78, 5) is 15.4. The third-order valence-corrected chi connectivity index (χ3v) is 8.61. The molecule has 4 rings (SSSR count). The van der Waals surface area contributed by atoms with Crippen LogP contribution in [0.25, 0.3) is 0 Å². The van der Waals surface area contributed by atoms with E-state index in [1.54, 1.807) is 6.08 Å². The second kappa shape index (κ2) is 10.2. The van der Waals surface area contributed by atoms with Crippen LogP contribution in [0, 0.1) is 12.8 Å². The molecule has 2 atom stereocenters. The Morgan fingerprint density at radius 2 is 1.81 bits per heavy atom. The number of urea groups is 1. The molecule has 0 bridgehead atoms. The molecule has 174 valence electrons. The number of rotatable bonds is 5. The van der Waals surface area contributed by atoms with Gasteiger partial charge in [0.25, 0.3) is 0 Å². The van der Waals surface area contributed by atoms with Gasteiger partial charge in [0.15, 0.2) is 0 Å². The maximum Gasteiger partial charge on any atom is 0.319 e. The minimum Gasteiger partial charge on any atom is -0.337 e. The predicted molar refractivity (Wildman–Crippen MR) is 133 cm³/mol. The van der Waals surface area contributed by atoms with Crippen LogP contribution in [-0.4, -0.2) is 42.0 Å². The monoisotopic (exact) mass is 475 g/mol. The van der Waals surface area contributed by atoms with Crippen molar-refractivity contribution in [2.24, 2.45) is 5.92 Å². The number of nitrogens with zero attached hydrogens (tertiary/aromatic N) is 1. The molecule has 6 heteroatoms. The first-order chi connectivity index (χ1) is 15.4. The molecule has 2 fully saturated rings.